The summed E-state index contributed by atoms with van der Waals surface area (Å²) in [5.74, 6) is 0.566. The number of nitrogens with one attached hydrogen (secondary N) is 1. The van der Waals surface area contributed by atoms with Crippen molar-refractivity contribution in [3.63, 3.8) is 0 Å². The first-order valence-corrected chi connectivity index (χ1v) is 7.60. The van der Waals surface area contributed by atoms with Gasteiger partial charge in [0, 0.05) is 25.0 Å². The number of imidazole rings is 1. The lowest BCUT2D eigenvalue weighted by Crippen LogP contribution is -2.13. The van der Waals surface area contributed by atoms with E-state index in [2.05, 4.69) is 31.8 Å². The van der Waals surface area contributed by atoms with E-state index in [-0.39, 0.29) is 0 Å². The Morgan fingerprint density at radius 2 is 2.37 bits per heavy atom. The summed E-state index contributed by atoms with van der Waals surface area (Å²) >= 11 is 3.03. The molecule has 3 heterocycles. The highest BCUT2D eigenvalue weighted by molar-refractivity contribution is 7.99. The Morgan fingerprint density at radius 3 is 3.11 bits per heavy atom. The van der Waals surface area contributed by atoms with E-state index in [0.29, 0.717) is 11.1 Å². The smallest absolute Gasteiger partial charge is 0.282 e. The van der Waals surface area contributed by atoms with Crippen LogP contribution in [0, 0.1) is 6.92 Å². The second-order valence-corrected chi connectivity index (χ2v) is 5.70. The first-order valence-electron chi connectivity index (χ1n) is 5.91. The number of nitrogens with zero attached hydrogens (tertiary/aromatic N) is 4. The van der Waals surface area contributed by atoms with Crippen molar-refractivity contribution in [2.45, 2.75) is 30.6 Å². The molecule has 19 heavy (non-hydrogen) atoms. The maximum Gasteiger partial charge on any atom is 0.282 e. The Morgan fingerprint density at radius 1 is 1.47 bits per heavy atom. The topological polar surface area (TPSA) is 68.2 Å². The van der Waals surface area contributed by atoms with E-state index in [0.717, 1.165) is 28.8 Å². The molecular weight excluding hydrogens is 282 g/mol. The summed E-state index contributed by atoms with van der Waals surface area (Å²) in [5, 5.41) is 14.6. The van der Waals surface area contributed by atoms with Crippen LogP contribution in [0.5, 0.6) is 0 Å². The molecule has 0 radical (unpaired) electrons. The van der Waals surface area contributed by atoms with Crippen LogP contribution in [0.15, 0.2) is 26.2 Å². The van der Waals surface area contributed by atoms with E-state index in [9.17, 15) is 0 Å². The van der Waals surface area contributed by atoms with Crippen molar-refractivity contribution < 1.29 is 4.42 Å². The SMILES string of the molecule is CCNCc1c(Sc2nnc(C)o2)nc2sccn12. The average molecular weight is 295 g/mol. The van der Waals surface area contributed by atoms with Crippen molar-refractivity contribution in [3.05, 3.63) is 23.2 Å². The van der Waals surface area contributed by atoms with E-state index >= 15 is 0 Å². The molecule has 0 atom stereocenters. The number of hydrogen-bond donors (Lipinski definition) is 1. The van der Waals surface area contributed by atoms with Crippen LogP contribution in [0.3, 0.4) is 0 Å². The van der Waals surface area contributed by atoms with Crippen LogP contribution in [0.25, 0.3) is 4.96 Å². The molecule has 0 aliphatic heterocycles. The molecule has 0 saturated heterocycles. The zero-order valence-corrected chi connectivity index (χ0v) is 12.2. The molecule has 0 aromatic carbocycles. The van der Waals surface area contributed by atoms with Crippen molar-refractivity contribution in [3.8, 4) is 0 Å². The molecule has 8 heteroatoms. The van der Waals surface area contributed by atoms with Crippen LogP contribution in [-0.4, -0.2) is 26.1 Å². The van der Waals surface area contributed by atoms with Gasteiger partial charge in [-0.05, 0) is 18.3 Å². The standard InChI is InChI=1S/C11H13N5OS2/c1-3-12-6-8-9(13-10-16(8)4-5-18-10)19-11-15-14-7(2)17-11/h4-5,12H,3,6H2,1-2H3. The Balaban J connectivity index is 1.94. The van der Waals surface area contributed by atoms with Gasteiger partial charge in [-0.2, -0.15) is 0 Å². The molecule has 0 spiro atoms. The van der Waals surface area contributed by atoms with Crippen molar-refractivity contribution in [1.29, 1.82) is 0 Å². The molecule has 100 valence electrons. The van der Waals surface area contributed by atoms with Crippen molar-refractivity contribution in [2.75, 3.05) is 6.54 Å². The lowest BCUT2D eigenvalue weighted by Gasteiger charge is -2.02. The van der Waals surface area contributed by atoms with Crippen LogP contribution >= 0.6 is 23.1 Å². The third-order valence-corrected chi connectivity index (χ3v) is 4.17. The van der Waals surface area contributed by atoms with Crippen molar-refractivity contribution in [1.82, 2.24) is 24.9 Å². The second kappa shape index (κ2) is 5.32. The monoisotopic (exact) mass is 295 g/mol. The molecule has 0 unspecified atom stereocenters. The van der Waals surface area contributed by atoms with Gasteiger partial charge in [-0.25, -0.2) is 4.98 Å². The number of aromatic nitrogens is 4. The molecule has 0 aliphatic rings. The number of hydrogen-bond acceptors (Lipinski definition) is 7. The zero-order valence-electron chi connectivity index (χ0n) is 10.6. The number of thiazole rings is 1. The predicted octanol–water partition coefficient (Wildman–Crippen LogP) is 2.35. The lowest BCUT2D eigenvalue weighted by atomic mass is 10.4. The molecule has 0 fully saturated rings. The molecule has 0 amide bonds. The van der Waals surface area contributed by atoms with Gasteiger partial charge in [-0.3, -0.25) is 4.40 Å². The molecule has 1 N–H and O–H groups in total. The Labute approximate surface area is 118 Å². The molecule has 0 bridgehead atoms. The third-order valence-electron chi connectivity index (χ3n) is 2.56. The van der Waals surface area contributed by atoms with Gasteiger partial charge < -0.3 is 9.73 Å². The first kappa shape index (κ1) is 12.6. The largest absolute Gasteiger partial charge is 0.416 e. The van der Waals surface area contributed by atoms with Crippen LogP contribution in [0.4, 0.5) is 0 Å². The van der Waals surface area contributed by atoms with Crippen LogP contribution in [0.1, 0.15) is 18.5 Å². The summed E-state index contributed by atoms with van der Waals surface area (Å²) in [6, 6.07) is 0. The van der Waals surface area contributed by atoms with Crippen LogP contribution < -0.4 is 5.32 Å². The summed E-state index contributed by atoms with van der Waals surface area (Å²) in [5.41, 5.74) is 1.12. The van der Waals surface area contributed by atoms with Gasteiger partial charge >= 0.3 is 0 Å². The number of fused-ring (bicyclic) bond motifs is 1. The Bertz CT molecular complexity index is 686. The Hall–Kier alpha value is -1.38. The summed E-state index contributed by atoms with van der Waals surface area (Å²) in [6.07, 6.45) is 2.03. The highest BCUT2D eigenvalue weighted by Gasteiger charge is 2.16. The minimum Gasteiger partial charge on any atom is -0.416 e. The van der Waals surface area contributed by atoms with Gasteiger partial charge in [0.2, 0.25) is 5.89 Å². The fraction of sp³-hybridized carbons (Fsp3) is 0.364. The van der Waals surface area contributed by atoms with E-state index in [1.54, 1.807) is 18.3 Å². The second-order valence-electron chi connectivity index (χ2n) is 3.89. The predicted molar refractivity (Wildman–Crippen MR) is 73.6 cm³/mol. The Kier molecular flexibility index (Phi) is 3.54. The van der Waals surface area contributed by atoms with Gasteiger partial charge in [-0.1, -0.05) is 6.92 Å². The van der Waals surface area contributed by atoms with Gasteiger partial charge in [0.1, 0.15) is 5.03 Å². The zero-order chi connectivity index (χ0) is 13.2. The normalized spacial score (nSPS) is 11.5. The van der Waals surface area contributed by atoms with Crippen molar-refractivity contribution in [2.24, 2.45) is 0 Å². The summed E-state index contributed by atoms with van der Waals surface area (Å²) in [7, 11) is 0. The van der Waals surface area contributed by atoms with Crippen molar-refractivity contribution >= 4 is 28.1 Å². The van der Waals surface area contributed by atoms with E-state index in [1.165, 1.54) is 11.8 Å². The summed E-state index contributed by atoms with van der Waals surface area (Å²) in [6.45, 7) is 5.55. The minimum atomic E-state index is 0.529. The van der Waals surface area contributed by atoms with Gasteiger partial charge in [-0.15, -0.1) is 21.5 Å². The summed E-state index contributed by atoms with van der Waals surface area (Å²) in [4.78, 5) is 5.59. The van der Waals surface area contributed by atoms with Crippen LogP contribution in [0.2, 0.25) is 0 Å². The molecule has 3 aromatic heterocycles. The highest BCUT2D eigenvalue weighted by Crippen LogP contribution is 2.30. The maximum atomic E-state index is 5.39. The van der Waals surface area contributed by atoms with E-state index in [1.807, 2.05) is 11.6 Å². The fourth-order valence-corrected chi connectivity index (χ4v) is 3.32. The summed E-state index contributed by atoms with van der Waals surface area (Å²) < 4.78 is 7.49. The van der Waals surface area contributed by atoms with E-state index in [4.69, 9.17) is 4.42 Å². The molecule has 3 rings (SSSR count). The number of rotatable bonds is 5. The van der Waals surface area contributed by atoms with Crippen LogP contribution in [-0.2, 0) is 6.54 Å². The van der Waals surface area contributed by atoms with E-state index < -0.39 is 0 Å². The van der Waals surface area contributed by atoms with Gasteiger partial charge in [0.05, 0.1) is 5.69 Å². The maximum absolute atomic E-state index is 5.39. The van der Waals surface area contributed by atoms with Gasteiger partial charge in [0.15, 0.2) is 4.96 Å². The average Bonchev–Trinajstić information content (AvgIpc) is 3.05. The number of aryl methyl sites for hydroxylation is 1. The fourth-order valence-electron chi connectivity index (χ4n) is 1.70. The highest BCUT2D eigenvalue weighted by atomic mass is 32.2. The third kappa shape index (κ3) is 2.51. The molecule has 0 aliphatic carbocycles. The van der Waals surface area contributed by atoms with Gasteiger partial charge in [0.25, 0.3) is 5.22 Å². The molecule has 0 saturated carbocycles. The molecular formula is C11H13N5OS2. The molecule has 6 nitrogen and oxygen atoms in total. The molecule has 3 aromatic rings. The quantitative estimate of drug-likeness (QED) is 0.779. The first-order chi connectivity index (χ1) is 9.28. The minimum absolute atomic E-state index is 0.529. The lowest BCUT2D eigenvalue weighted by molar-refractivity contribution is 0.429.